The minimum Gasteiger partial charge on any atom is -0.828 e. The first-order valence-electron chi connectivity index (χ1n) is 7.81. The molecule has 3 aromatic carbocycles. The van der Waals surface area contributed by atoms with Crippen molar-refractivity contribution in [3.63, 3.8) is 0 Å². The van der Waals surface area contributed by atoms with Crippen molar-refractivity contribution in [3.05, 3.63) is 82.9 Å². The Morgan fingerprint density at radius 2 is 1.36 bits per heavy atom. The van der Waals surface area contributed by atoms with Gasteiger partial charge in [0.15, 0.2) is 0 Å². The van der Waals surface area contributed by atoms with Gasteiger partial charge in [0.05, 0.1) is 0 Å². The number of hydrogen-bond acceptors (Lipinski definition) is 5. The summed E-state index contributed by atoms with van der Waals surface area (Å²) in [5.41, 5.74) is 2.48. The second kappa shape index (κ2) is 5.81. The first-order valence-corrected chi connectivity index (χ1v) is 7.81. The van der Waals surface area contributed by atoms with Crippen LogP contribution in [0.15, 0.2) is 60.7 Å². The number of aromatic hydroxyl groups is 2. The van der Waals surface area contributed by atoms with E-state index in [2.05, 4.69) is 0 Å². The molecule has 0 aliphatic carbocycles. The maximum absolute atomic E-state index is 11.8. The number of hydrogen-bond donors (Lipinski definition) is 3. The number of benzene rings is 3. The van der Waals surface area contributed by atoms with Crippen LogP contribution >= 0.6 is 0 Å². The molecule has 4 rings (SSSR count). The van der Waals surface area contributed by atoms with E-state index in [1.807, 2.05) is 0 Å². The van der Waals surface area contributed by atoms with E-state index in [0.29, 0.717) is 17.1 Å². The minimum atomic E-state index is -1.86. The van der Waals surface area contributed by atoms with E-state index in [1.54, 1.807) is 48.5 Å². The topological polar surface area (TPSA) is 93.0 Å². The van der Waals surface area contributed by atoms with Gasteiger partial charge < -0.3 is 25.2 Å². The third-order valence-corrected chi connectivity index (χ3v) is 4.41. The summed E-state index contributed by atoms with van der Waals surface area (Å²) in [5, 5.41) is 41.0. The van der Waals surface area contributed by atoms with Gasteiger partial charge in [-0.3, -0.25) is 0 Å². The van der Waals surface area contributed by atoms with Crippen LogP contribution in [0.1, 0.15) is 34.5 Å². The van der Waals surface area contributed by atoms with Crippen LogP contribution in [0.5, 0.6) is 23.0 Å². The Kier molecular flexibility index (Phi) is 3.60. The van der Waals surface area contributed by atoms with Crippen LogP contribution in [0.4, 0.5) is 0 Å². The molecule has 1 atom stereocenters. The fraction of sp³-hybridized carbons (Fsp3) is 0.100. The Hall–Kier alpha value is -3.02. The summed E-state index contributed by atoms with van der Waals surface area (Å²) in [5.74, 6) is 0.632. The predicted octanol–water partition coefficient (Wildman–Crippen LogP) is 2.73. The number of aliphatic hydroxyl groups is 1. The number of phenolic OH excluding ortho intramolecular Hbond substituents is 2. The van der Waals surface area contributed by atoms with Gasteiger partial charge in [-0.05, 0) is 23.3 Å². The van der Waals surface area contributed by atoms with Crippen molar-refractivity contribution in [2.75, 3.05) is 0 Å². The summed E-state index contributed by atoms with van der Waals surface area (Å²) < 4.78 is 5.83. The highest BCUT2D eigenvalue weighted by Crippen LogP contribution is 2.49. The molecular weight excluding hydrogens is 320 g/mol. The molecular formula is C20H15O5-. The third kappa shape index (κ3) is 2.59. The van der Waals surface area contributed by atoms with Gasteiger partial charge >= 0.3 is 0 Å². The molecule has 0 aromatic heterocycles. The molecule has 3 N–H and O–H groups in total. The number of fused-ring (bicyclic) bond motifs is 2. The van der Waals surface area contributed by atoms with Crippen molar-refractivity contribution >= 4 is 0 Å². The van der Waals surface area contributed by atoms with E-state index in [4.69, 9.17) is 4.74 Å². The molecule has 3 aromatic rings. The Bertz CT molecular complexity index is 897. The molecule has 0 amide bonds. The van der Waals surface area contributed by atoms with Gasteiger partial charge in [-0.2, -0.15) is 0 Å². The normalized spacial score (nSPS) is 14.3. The molecule has 1 unspecified atom stereocenters. The SMILES string of the molecule is [O-]C(O)c1ccccc1C1c2ccc(O)cc2Oc2cc(O)ccc21. The summed E-state index contributed by atoms with van der Waals surface area (Å²) >= 11 is 0. The zero-order chi connectivity index (χ0) is 17.6. The quantitative estimate of drug-likeness (QED) is 0.490. The fourth-order valence-electron chi connectivity index (χ4n) is 3.32. The molecule has 0 fully saturated rings. The van der Waals surface area contributed by atoms with Crippen molar-refractivity contribution in [2.45, 2.75) is 12.2 Å². The molecule has 1 heterocycles. The molecule has 5 heteroatoms. The number of ether oxygens (including phenoxy) is 1. The van der Waals surface area contributed by atoms with Crippen LogP contribution in [-0.4, -0.2) is 15.3 Å². The van der Waals surface area contributed by atoms with Crippen molar-refractivity contribution in [2.24, 2.45) is 0 Å². The number of phenols is 2. The van der Waals surface area contributed by atoms with Crippen LogP contribution in [-0.2, 0) is 0 Å². The van der Waals surface area contributed by atoms with E-state index in [9.17, 15) is 20.4 Å². The van der Waals surface area contributed by atoms with E-state index in [0.717, 1.165) is 11.1 Å². The van der Waals surface area contributed by atoms with Gasteiger partial charge in [0.2, 0.25) is 0 Å². The lowest BCUT2D eigenvalue weighted by molar-refractivity contribution is -0.490. The molecule has 0 bridgehead atoms. The second-order valence-electron chi connectivity index (χ2n) is 5.96. The first kappa shape index (κ1) is 15.5. The van der Waals surface area contributed by atoms with Crippen LogP contribution in [0.2, 0.25) is 0 Å². The van der Waals surface area contributed by atoms with Gasteiger partial charge in [0.1, 0.15) is 23.0 Å². The van der Waals surface area contributed by atoms with E-state index in [-0.39, 0.29) is 23.0 Å². The average Bonchev–Trinajstić information content (AvgIpc) is 2.59. The Morgan fingerprint density at radius 3 is 1.92 bits per heavy atom. The molecule has 0 radical (unpaired) electrons. The first-order chi connectivity index (χ1) is 12.0. The summed E-state index contributed by atoms with van der Waals surface area (Å²) in [6, 6.07) is 16.5. The smallest absolute Gasteiger partial charge is 0.135 e. The molecule has 25 heavy (non-hydrogen) atoms. The van der Waals surface area contributed by atoms with Crippen molar-refractivity contribution in [1.29, 1.82) is 0 Å². The number of aliphatic hydroxyl groups excluding tert-OH is 1. The highest BCUT2D eigenvalue weighted by atomic mass is 16.5. The summed E-state index contributed by atoms with van der Waals surface area (Å²) in [7, 11) is 0. The number of rotatable bonds is 2. The Morgan fingerprint density at radius 1 is 0.800 bits per heavy atom. The highest BCUT2D eigenvalue weighted by molar-refractivity contribution is 5.61. The Labute approximate surface area is 144 Å². The van der Waals surface area contributed by atoms with Crippen LogP contribution in [0.25, 0.3) is 0 Å². The predicted molar refractivity (Wildman–Crippen MR) is 88.6 cm³/mol. The lowest BCUT2D eigenvalue weighted by Crippen LogP contribution is -2.19. The van der Waals surface area contributed by atoms with Crippen molar-refractivity contribution in [3.8, 4) is 23.0 Å². The molecule has 1 aliphatic heterocycles. The Balaban J connectivity index is 1.99. The zero-order valence-corrected chi connectivity index (χ0v) is 13.1. The van der Waals surface area contributed by atoms with Gasteiger partial charge in [-0.15, -0.1) is 0 Å². The van der Waals surface area contributed by atoms with E-state index < -0.39 is 6.29 Å². The van der Waals surface area contributed by atoms with Crippen molar-refractivity contribution in [1.82, 2.24) is 0 Å². The summed E-state index contributed by atoms with van der Waals surface area (Å²) in [4.78, 5) is 0. The second-order valence-corrected chi connectivity index (χ2v) is 5.96. The van der Waals surface area contributed by atoms with Crippen LogP contribution in [0.3, 0.4) is 0 Å². The molecule has 1 aliphatic rings. The third-order valence-electron chi connectivity index (χ3n) is 4.41. The molecule has 0 spiro atoms. The van der Waals surface area contributed by atoms with Crippen molar-refractivity contribution < 1.29 is 25.2 Å². The fourth-order valence-corrected chi connectivity index (χ4v) is 3.32. The van der Waals surface area contributed by atoms with Gasteiger partial charge in [-0.25, -0.2) is 0 Å². The molecule has 0 saturated heterocycles. The highest BCUT2D eigenvalue weighted by Gasteiger charge is 2.30. The van der Waals surface area contributed by atoms with Gasteiger partial charge in [0, 0.05) is 35.5 Å². The summed E-state index contributed by atoms with van der Waals surface area (Å²) in [6.45, 7) is 0. The lowest BCUT2D eigenvalue weighted by atomic mass is 9.80. The maximum atomic E-state index is 11.8. The van der Waals surface area contributed by atoms with Gasteiger partial charge in [0.25, 0.3) is 0 Å². The summed E-state index contributed by atoms with van der Waals surface area (Å²) in [6.07, 6.45) is -1.86. The monoisotopic (exact) mass is 335 g/mol. The molecule has 0 saturated carbocycles. The molecule has 126 valence electrons. The van der Waals surface area contributed by atoms with E-state index in [1.165, 1.54) is 12.1 Å². The van der Waals surface area contributed by atoms with Crippen LogP contribution < -0.4 is 9.84 Å². The zero-order valence-electron chi connectivity index (χ0n) is 13.1. The standard InChI is InChI=1S/C20H15O5/c21-11-5-7-15-17(9-11)25-18-10-12(22)6-8-16(18)19(15)13-3-1-2-4-14(13)20(23)24/h1-10,19-23H/q-1. The van der Waals surface area contributed by atoms with Gasteiger partial charge in [-0.1, -0.05) is 36.4 Å². The molecule has 5 nitrogen and oxygen atoms in total. The maximum Gasteiger partial charge on any atom is 0.135 e. The largest absolute Gasteiger partial charge is 0.828 e. The van der Waals surface area contributed by atoms with Crippen LogP contribution in [0, 0.1) is 0 Å². The average molecular weight is 335 g/mol. The minimum absolute atomic E-state index is 0.0539. The van der Waals surface area contributed by atoms with E-state index >= 15 is 0 Å². The lowest BCUT2D eigenvalue weighted by Gasteiger charge is -2.31.